The molecule has 0 saturated carbocycles. The highest BCUT2D eigenvalue weighted by Crippen LogP contribution is 2.27. The number of halogens is 2. The van der Waals surface area contributed by atoms with Crippen LogP contribution in [0.5, 0.6) is 5.75 Å². The van der Waals surface area contributed by atoms with E-state index in [0.717, 1.165) is 23.5 Å². The third-order valence-electron chi connectivity index (χ3n) is 3.64. The number of carbonyl (C=O) groups excluding carboxylic acids is 1. The molecule has 2 N–H and O–H groups in total. The summed E-state index contributed by atoms with van der Waals surface area (Å²) in [6.07, 6.45) is 0. The molecule has 0 aliphatic heterocycles. The third-order valence-corrected chi connectivity index (χ3v) is 6.77. The molecule has 0 aliphatic carbocycles. The first-order valence-corrected chi connectivity index (χ1v) is 10.5. The van der Waals surface area contributed by atoms with E-state index in [2.05, 4.69) is 4.72 Å². The molecule has 1 aromatic heterocycles. The number of thiophene rings is 1. The van der Waals surface area contributed by atoms with Crippen LogP contribution in [-0.2, 0) is 21.4 Å². The molecule has 0 saturated heterocycles. The maximum atomic E-state index is 13.8. The number of esters is 1. The lowest BCUT2D eigenvalue weighted by Crippen LogP contribution is -2.12. The summed E-state index contributed by atoms with van der Waals surface area (Å²) in [6.45, 7) is -0.449. The van der Waals surface area contributed by atoms with Crippen LogP contribution >= 0.6 is 22.9 Å². The Hall–Kier alpha value is -2.62. The van der Waals surface area contributed by atoms with Crippen molar-refractivity contribution < 1.29 is 27.4 Å². The quantitative estimate of drug-likeness (QED) is 0.436. The number of phenolic OH excluding ortho intramolecular Hbond substituents is 1. The van der Waals surface area contributed by atoms with Crippen molar-refractivity contribution in [1.82, 2.24) is 0 Å². The average Bonchev–Trinajstić information content (AvgIpc) is 3.18. The molecule has 0 atom stereocenters. The first-order valence-electron chi connectivity index (χ1n) is 7.77. The van der Waals surface area contributed by atoms with E-state index >= 15 is 0 Å². The smallest absolute Gasteiger partial charge is 0.342 e. The van der Waals surface area contributed by atoms with Crippen LogP contribution in [0.15, 0.2) is 58.1 Å². The number of carbonyl (C=O) groups is 1. The molecule has 28 heavy (non-hydrogen) atoms. The summed E-state index contributed by atoms with van der Waals surface area (Å²) in [5, 5.41) is 11.6. The number of hydrogen-bond donors (Lipinski definition) is 2. The normalized spacial score (nSPS) is 11.2. The fourth-order valence-corrected chi connectivity index (χ4v) is 4.53. The first kappa shape index (κ1) is 20.1. The van der Waals surface area contributed by atoms with E-state index < -0.39 is 34.2 Å². The van der Waals surface area contributed by atoms with Crippen molar-refractivity contribution >= 4 is 44.6 Å². The van der Waals surface area contributed by atoms with Gasteiger partial charge >= 0.3 is 5.97 Å². The van der Waals surface area contributed by atoms with Crippen molar-refractivity contribution in [2.24, 2.45) is 0 Å². The van der Waals surface area contributed by atoms with Crippen molar-refractivity contribution in [3.05, 3.63) is 75.9 Å². The van der Waals surface area contributed by atoms with Gasteiger partial charge in [0.1, 0.15) is 27.9 Å². The fourth-order valence-electron chi connectivity index (χ4n) is 2.27. The number of benzene rings is 2. The van der Waals surface area contributed by atoms with Gasteiger partial charge in [0, 0.05) is 11.3 Å². The van der Waals surface area contributed by atoms with E-state index in [1.165, 1.54) is 30.3 Å². The highest BCUT2D eigenvalue weighted by molar-refractivity contribution is 7.94. The monoisotopic (exact) mass is 441 g/mol. The van der Waals surface area contributed by atoms with Crippen molar-refractivity contribution in [3.8, 4) is 5.75 Å². The summed E-state index contributed by atoms with van der Waals surface area (Å²) in [4.78, 5) is 12.3. The Balaban J connectivity index is 1.78. The number of ether oxygens (including phenoxy) is 1. The fraction of sp³-hybridized carbons (Fsp3) is 0.0556. The summed E-state index contributed by atoms with van der Waals surface area (Å²) in [5.74, 6) is -2.01. The van der Waals surface area contributed by atoms with Gasteiger partial charge in [-0.05, 0) is 41.8 Å². The Morgan fingerprint density at radius 1 is 1.21 bits per heavy atom. The Bertz CT molecular complexity index is 1100. The predicted octanol–water partition coefficient (Wildman–Crippen LogP) is 4.40. The molecule has 6 nitrogen and oxygen atoms in total. The lowest BCUT2D eigenvalue weighted by atomic mass is 10.2. The number of sulfonamides is 1. The summed E-state index contributed by atoms with van der Waals surface area (Å²) < 4.78 is 45.8. The van der Waals surface area contributed by atoms with Gasteiger partial charge in [0.2, 0.25) is 0 Å². The molecule has 10 heteroatoms. The minimum atomic E-state index is -3.82. The third kappa shape index (κ3) is 4.44. The van der Waals surface area contributed by atoms with Crippen molar-refractivity contribution in [2.75, 3.05) is 4.72 Å². The second-order valence-electron chi connectivity index (χ2n) is 5.55. The highest BCUT2D eigenvalue weighted by Gasteiger charge is 2.19. The molecule has 0 spiro atoms. The predicted molar refractivity (Wildman–Crippen MR) is 104 cm³/mol. The largest absolute Gasteiger partial charge is 0.507 e. The molecule has 146 valence electrons. The molecule has 1 heterocycles. The molecule has 0 amide bonds. The summed E-state index contributed by atoms with van der Waals surface area (Å²) in [7, 11) is -3.82. The molecule has 3 rings (SSSR count). The van der Waals surface area contributed by atoms with E-state index in [9.17, 15) is 22.7 Å². The maximum absolute atomic E-state index is 13.8. The van der Waals surface area contributed by atoms with Crippen LogP contribution in [0.25, 0.3) is 0 Å². The van der Waals surface area contributed by atoms with Crippen LogP contribution in [0, 0.1) is 5.82 Å². The number of hydrogen-bond acceptors (Lipinski definition) is 6. The van der Waals surface area contributed by atoms with Crippen molar-refractivity contribution in [2.45, 2.75) is 10.8 Å². The minimum absolute atomic E-state index is 0.00782. The van der Waals surface area contributed by atoms with Crippen molar-refractivity contribution in [1.29, 1.82) is 0 Å². The lowest BCUT2D eigenvalue weighted by Gasteiger charge is -2.11. The highest BCUT2D eigenvalue weighted by atomic mass is 35.5. The van der Waals surface area contributed by atoms with Gasteiger partial charge in [-0.1, -0.05) is 23.7 Å². The molecule has 3 aromatic rings. The molecular weight excluding hydrogens is 429 g/mol. The molecule has 0 fully saturated rings. The summed E-state index contributed by atoms with van der Waals surface area (Å²) >= 11 is 6.91. The minimum Gasteiger partial charge on any atom is -0.507 e. The van der Waals surface area contributed by atoms with E-state index in [1.54, 1.807) is 11.4 Å². The van der Waals surface area contributed by atoms with Crippen LogP contribution in [0.4, 0.5) is 10.1 Å². The van der Waals surface area contributed by atoms with Gasteiger partial charge < -0.3 is 9.84 Å². The average molecular weight is 442 g/mol. The number of nitrogens with one attached hydrogen (secondary N) is 1. The molecule has 0 aliphatic rings. The number of rotatable bonds is 6. The standard InChI is InChI=1S/C18H13ClFNO5S2/c19-14-3-1-4-15(20)13(14)10-26-18(23)12-9-11(6-7-16(12)22)21-28(24,25)17-5-2-8-27-17/h1-9,21-22H,10H2. The van der Waals surface area contributed by atoms with Crippen LogP contribution in [0.3, 0.4) is 0 Å². The molecule has 0 radical (unpaired) electrons. The van der Waals surface area contributed by atoms with Gasteiger partial charge in [0.05, 0.1) is 5.02 Å². The number of aromatic hydroxyl groups is 1. The zero-order valence-electron chi connectivity index (χ0n) is 14.1. The molecule has 0 unspecified atom stereocenters. The molecule has 0 bridgehead atoms. The maximum Gasteiger partial charge on any atom is 0.342 e. The first-order chi connectivity index (χ1) is 13.3. The Morgan fingerprint density at radius 3 is 2.68 bits per heavy atom. The second-order valence-corrected chi connectivity index (χ2v) is 8.81. The van der Waals surface area contributed by atoms with E-state index in [4.69, 9.17) is 16.3 Å². The van der Waals surface area contributed by atoms with Gasteiger partial charge in [-0.2, -0.15) is 0 Å². The van der Waals surface area contributed by atoms with Gasteiger partial charge in [-0.3, -0.25) is 4.72 Å². The van der Waals surface area contributed by atoms with Crippen LogP contribution in [-0.4, -0.2) is 19.5 Å². The summed E-state index contributed by atoms with van der Waals surface area (Å²) in [5.41, 5.74) is -0.229. The number of anilines is 1. The Labute approximate surface area is 169 Å². The Morgan fingerprint density at radius 2 is 2.00 bits per heavy atom. The van der Waals surface area contributed by atoms with Crippen LogP contribution in [0.1, 0.15) is 15.9 Å². The zero-order valence-corrected chi connectivity index (χ0v) is 16.4. The summed E-state index contributed by atoms with van der Waals surface area (Å²) in [6, 6.07) is 10.6. The van der Waals surface area contributed by atoms with Gasteiger partial charge in [0.15, 0.2) is 0 Å². The van der Waals surface area contributed by atoms with Crippen LogP contribution < -0.4 is 4.72 Å². The van der Waals surface area contributed by atoms with Crippen LogP contribution in [0.2, 0.25) is 5.02 Å². The van der Waals surface area contributed by atoms with Gasteiger partial charge in [-0.25, -0.2) is 17.6 Å². The zero-order chi connectivity index (χ0) is 20.3. The van der Waals surface area contributed by atoms with E-state index in [0.29, 0.717) is 0 Å². The van der Waals surface area contributed by atoms with Gasteiger partial charge in [0.25, 0.3) is 10.0 Å². The van der Waals surface area contributed by atoms with E-state index in [-0.39, 0.29) is 26.0 Å². The lowest BCUT2D eigenvalue weighted by molar-refractivity contribution is 0.0466. The molecule has 2 aromatic carbocycles. The SMILES string of the molecule is O=C(OCc1c(F)cccc1Cl)c1cc(NS(=O)(=O)c2cccs2)ccc1O. The topological polar surface area (TPSA) is 92.7 Å². The Kier molecular flexibility index (Phi) is 5.87. The second kappa shape index (κ2) is 8.17. The van der Waals surface area contributed by atoms with Crippen molar-refractivity contribution in [3.63, 3.8) is 0 Å². The van der Waals surface area contributed by atoms with E-state index in [1.807, 2.05) is 0 Å². The van der Waals surface area contributed by atoms with Gasteiger partial charge in [-0.15, -0.1) is 11.3 Å². The number of phenols is 1. The molecular formula is C18H13ClFNO5S2.